The molecule has 0 atom stereocenters. The molecule has 0 saturated carbocycles. The van der Waals surface area contributed by atoms with Crippen molar-refractivity contribution in [2.45, 2.75) is 19.8 Å². The van der Waals surface area contributed by atoms with Crippen molar-refractivity contribution in [2.75, 3.05) is 5.73 Å². The fourth-order valence-corrected chi connectivity index (χ4v) is 1.75. The molecule has 2 rings (SSSR count). The van der Waals surface area contributed by atoms with E-state index in [4.69, 9.17) is 10.8 Å². The zero-order valence-corrected chi connectivity index (χ0v) is 11.2. The molecule has 0 bridgehead atoms. The molecule has 6 nitrogen and oxygen atoms in total. The Balaban J connectivity index is 2.03. The summed E-state index contributed by atoms with van der Waals surface area (Å²) in [5.41, 5.74) is 8.39. The number of hydrogen-bond acceptors (Lipinski definition) is 4. The number of rotatable bonds is 5. The quantitative estimate of drug-likeness (QED) is 0.810. The van der Waals surface area contributed by atoms with E-state index in [-0.39, 0.29) is 6.42 Å². The lowest BCUT2D eigenvalue weighted by molar-refractivity contribution is -0.136. The number of nitrogens with two attached hydrogens (primary N) is 1. The van der Waals surface area contributed by atoms with Crippen molar-refractivity contribution in [3.8, 4) is 0 Å². The van der Waals surface area contributed by atoms with E-state index >= 15 is 0 Å². The number of nitrogens with zero attached hydrogens (tertiary/aromatic N) is 3. The monoisotopic (exact) mass is 272 g/mol. The summed E-state index contributed by atoms with van der Waals surface area (Å²) in [5, 5.41) is 12.8. The van der Waals surface area contributed by atoms with Crippen molar-refractivity contribution in [1.29, 1.82) is 0 Å². The van der Waals surface area contributed by atoms with Gasteiger partial charge in [-0.05, 0) is 24.5 Å². The zero-order chi connectivity index (χ0) is 14.5. The number of hydrogen-bond donors (Lipinski definition) is 2. The Morgan fingerprint density at radius 1 is 1.45 bits per heavy atom. The first kappa shape index (κ1) is 13.8. The molecule has 104 valence electrons. The molecule has 0 aliphatic carbocycles. The van der Waals surface area contributed by atoms with Gasteiger partial charge in [0, 0.05) is 6.42 Å². The maximum Gasteiger partial charge on any atom is 0.303 e. The first-order valence-corrected chi connectivity index (χ1v) is 6.21. The summed E-state index contributed by atoms with van der Waals surface area (Å²) in [5.74, 6) is -0.446. The van der Waals surface area contributed by atoms with Crippen molar-refractivity contribution < 1.29 is 9.90 Å². The standard InChI is InChI=1S/C14H16N4O2/c1-10-9-18(14(15)17-10)16-8-12-4-2-11(3-5-12)6-7-13(19)20/h2-5,8-9H,6-7H2,1H3,(H2,15,17)(H,19,20). The van der Waals surface area contributed by atoms with E-state index in [1.54, 1.807) is 12.4 Å². The Labute approximate surface area is 116 Å². The molecular weight excluding hydrogens is 256 g/mol. The SMILES string of the molecule is Cc1cn(N=Cc2ccc(CCC(=O)O)cc2)c(N)n1. The van der Waals surface area contributed by atoms with Crippen LogP contribution in [0.15, 0.2) is 35.6 Å². The molecule has 0 aliphatic rings. The third kappa shape index (κ3) is 3.68. The maximum atomic E-state index is 10.5. The minimum Gasteiger partial charge on any atom is -0.481 e. The summed E-state index contributed by atoms with van der Waals surface area (Å²) < 4.78 is 1.51. The summed E-state index contributed by atoms with van der Waals surface area (Å²) in [6, 6.07) is 7.57. The van der Waals surface area contributed by atoms with Crippen LogP contribution in [-0.4, -0.2) is 27.0 Å². The summed E-state index contributed by atoms with van der Waals surface area (Å²) in [4.78, 5) is 14.5. The molecule has 0 saturated heterocycles. The van der Waals surface area contributed by atoms with Crippen LogP contribution in [-0.2, 0) is 11.2 Å². The van der Waals surface area contributed by atoms with E-state index in [1.165, 1.54) is 4.68 Å². The minimum atomic E-state index is -0.790. The smallest absolute Gasteiger partial charge is 0.303 e. The number of carbonyl (C=O) groups is 1. The van der Waals surface area contributed by atoms with Crippen molar-refractivity contribution in [2.24, 2.45) is 5.10 Å². The third-order valence-corrected chi connectivity index (χ3v) is 2.77. The lowest BCUT2D eigenvalue weighted by atomic mass is 10.1. The summed E-state index contributed by atoms with van der Waals surface area (Å²) >= 11 is 0. The van der Waals surface area contributed by atoms with Gasteiger partial charge >= 0.3 is 5.97 Å². The van der Waals surface area contributed by atoms with Gasteiger partial charge in [-0.25, -0.2) is 9.66 Å². The Morgan fingerprint density at radius 2 is 2.15 bits per heavy atom. The molecule has 3 N–H and O–H groups in total. The molecule has 1 aromatic carbocycles. The lowest BCUT2D eigenvalue weighted by Gasteiger charge is -2.00. The van der Waals surface area contributed by atoms with Crippen LogP contribution in [0.2, 0.25) is 0 Å². The van der Waals surface area contributed by atoms with Gasteiger partial charge in [-0.2, -0.15) is 5.10 Å². The van der Waals surface area contributed by atoms with Crippen LogP contribution in [0.3, 0.4) is 0 Å². The highest BCUT2D eigenvalue weighted by Crippen LogP contribution is 2.07. The molecule has 0 amide bonds. The number of imidazole rings is 1. The number of aryl methyl sites for hydroxylation is 2. The van der Waals surface area contributed by atoms with Gasteiger partial charge in [0.2, 0.25) is 5.95 Å². The minimum absolute atomic E-state index is 0.137. The third-order valence-electron chi connectivity index (χ3n) is 2.77. The van der Waals surface area contributed by atoms with Gasteiger partial charge in [0.1, 0.15) is 0 Å². The molecule has 0 aliphatic heterocycles. The van der Waals surface area contributed by atoms with E-state index in [0.29, 0.717) is 12.4 Å². The second-order valence-electron chi connectivity index (χ2n) is 4.46. The zero-order valence-electron chi connectivity index (χ0n) is 11.2. The largest absolute Gasteiger partial charge is 0.481 e. The average Bonchev–Trinajstić information content (AvgIpc) is 2.73. The predicted molar refractivity (Wildman–Crippen MR) is 76.8 cm³/mol. The highest BCUT2D eigenvalue weighted by atomic mass is 16.4. The normalized spacial score (nSPS) is 11.1. The summed E-state index contributed by atoms with van der Waals surface area (Å²) in [6.07, 6.45) is 4.09. The number of benzene rings is 1. The van der Waals surface area contributed by atoms with Crippen molar-refractivity contribution in [1.82, 2.24) is 9.66 Å². The van der Waals surface area contributed by atoms with Crippen LogP contribution in [0.4, 0.5) is 5.95 Å². The molecule has 0 radical (unpaired) electrons. The molecule has 1 aromatic heterocycles. The van der Waals surface area contributed by atoms with Gasteiger partial charge in [-0.3, -0.25) is 4.79 Å². The van der Waals surface area contributed by atoms with E-state index in [9.17, 15) is 4.79 Å². The van der Waals surface area contributed by atoms with Gasteiger partial charge in [-0.1, -0.05) is 24.3 Å². The molecule has 2 aromatic rings. The molecule has 0 spiro atoms. The summed E-state index contributed by atoms with van der Waals surface area (Å²) in [7, 11) is 0. The number of carboxylic acid groups (broad SMARTS) is 1. The van der Waals surface area contributed by atoms with Crippen LogP contribution in [0.5, 0.6) is 0 Å². The van der Waals surface area contributed by atoms with Crippen molar-refractivity contribution >= 4 is 18.1 Å². The molecule has 1 heterocycles. The molecule has 6 heteroatoms. The van der Waals surface area contributed by atoms with Crippen LogP contribution in [0.25, 0.3) is 0 Å². The number of anilines is 1. The van der Waals surface area contributed by atoms with E-state index in [0.717, 1.165) is 16.8 Å². The predicted octanol–water partition coefficient (Wildman–Crippen LogP) is 1.67. The Bertz CT molecular complexity index is 629. The van der Waals surface area contributed by atoms with Crippen molar-refractivity contribution in [3.05, 3.63) is 47.3 Å². The second kappa shape index (κ2) is 6.01. The van der Waals surface area contributed by atoms with E-state index in [2.05, 4.69) is 10.1 Å². The van der Waals surface area contributed by atoms with E-state index < -0.39 is 5.97 Å². The number of carboxylic acids is 1. The topological polar surface area (TPSA) is 93.5 Å². The number of aromatic nitrogens is 2. The number of aliphatic carboxylic acids is 1. The van der Waals surface area contributed by atoms with Gasteiger partial charge in [0.05, 0.1) is 18.1 Å². The highest BCUT2D eigenvalue weighted by Gasteiger charge is 2.00. The van der Waals surface area contributed by atoms with Gasteiger partial charge in [0.15, 0.2) is 0 Å². The fraction of sp³-hybridized carbons (Fsp3) is 0.214. The fourth-order valence-electron chi connectivity index (χ4n) is 1.75. The Kier molecular flexibility index (Phi) is 4.14. The summed E-state index contributed by atoms with van der Waals surface area (Å²) in [6.45, 7) is 1.85. The van der Waals surface area contributed by atoms with Gasteiger partial charge < -0.3 is 10.8 Å². The molecule has 20 heavy (non-hydrogen) atoms. The van der Waals surface area contributed by atoms with Crippen molar-refractivity contribution in [3.63, 3.8) is 0 Å². The molecule has 0 fully saturated rings. The van der Waals surface area contributed by atoms with Gasteiger partial charge in [-0.15, -0.1) is 0 Å². The first-order valence-electron chi connectivity index (χ1n) is 6.21. The molecular formula is C14H16N4O2. The van der Waals surface area contributed by atoms with Crippen LogP contribution < -0.4 is 5.73 Å². The lowest BCUT2D eigenvalue weighted by Crippen LogP contribution is -1.98. The second-order valence-corrected chi connectivity index (χ2v) is 4.46. The first-order chi connectivity index (χ1) is 9.54. The number of nitrogen functional groups attached to an aromatic ring is 1. The van der Waals surface area contributed by atoms with Crippen LogP contribution in [0, 0.1) is 6.92 Å². The highest BCUT2D eigenvalue weighted by molar-refractivity contribution is 5.79. The van der Waals surface area contributed by atoms with Crippen LogP contribution in [0.1, 0.15) is 23.2 Å². The Morgan fingerprint density at radius 3 is 2.70 bits per heavy atom. The average molecular weight is 272 g/mol. The molecule has 0 unspecified atom stereocenters. The maximum absolute atomic E-state index is 10.5. The van der Waals surface area contributed by atoms with Crippen LogP contribution >= 0.6 is 0 Å². The van der Waals surface area contributed by atoms with Gasteiger partial charge in [0.25, 0.3) is 0 Å². The van der Waals surface area contributed by atoms with E-state index in [1.807, 2.05) is 31.2 Å². The Hall–Kier alpha value is -2.63.